The lowest BCUT2D eigenvalue weighted by Crippen LogP contribution is -2.49. The van der Waals surface area contributed by atoms with Gasteiger partial charge in [0.15, 0.2) is 0 Å². The van der Waals surface area contributed by atoms with Gasteiger partial charge in [-0.05, 0) is 63.2 Å². The Morgan fingerprint density at radius 2 is 1.69 bits per heavy atom. The highest BCUT2D eigenvalue weighted by molar-refractivity contribution is 7.98. The SMILES string of the molecule is CSCCC(NS(=O)(=O)c1ccc(C)cc1)C(=O)NC(C)CCC(C)C. The highest BCUT2D eigenvalue weighted by atomic mass is 32.2. The molecule has 0 saturated carbocycles. The first kappa shape index (κ1) is 23.0. The summed E-state index contributed by atoms with van der Waals surface area (Å²) in [6.07, 6.45) is 4.29. The fourth-order valence-electron chi connectivity index (χ4n) is 2.45. The molecule has 0 aliphatic carbocycles. The molecule has 1 aromatic carbocycles. The summed E-state index contributed by atoms with van der Waals surface area (Å²) in [5, 5.41) is 2.95. The zero-order valence-corrected chi connectivity index (χ0v) is 18.0. The average molecular weight is 401 g/mol. The van der Waals surface area contributed by atoms with Crippen molar-refractivity contribution in [1.29, 1.82) is 0 Å². The average Bonchev–Trinajstić information content (AvgIpc) is 2.57. The minimum absolute atomic E-state index is 0.0190. The fourth-order valence-corrected chi connectivity index (χ4v) is 4.15. The molecule has 0 aromatic heterocycles. The monoisotopic (exact) mass is 400 g/mol. The van der Waals surface area contributed by atoms with Gasteiger partial charge < -0.3 is 5.32 Å². The van der Waals surface area contributed by atoms with Crippen molar-refractivity contribution >= 4 is 27.7 Å². The first-order valence-electron chi connectivity index (χ1n) is 9.04. The van der Waals surface area contributed by atoms with E-state index >= 15 is 0 Å². The molecule has 2 N–H and O–H groups in total. The molecule has 7 heteroatoms. The van der Waals surface area contributed by atoms with Crippen molar-refractivity contribution in [1.82, 2.24) is 10.0 Å². The van der Waals surface area contributed by atoms with Crippen molar-refractivity contribution in [2.24, 2.45) is 5.92 Å². The van der Waals surface area contributed by atoms with Gasteiger partial charge in [-0.3, -0.25) is 4.79 Å². The van der Waals surface area contributed by atoms with Crippen LogP contribution in [0.5, 0.6) is 0 Å². The number of aryl methyl sites for hydroxylation is 1. The highest BCUT2D eigenvalue weighted by Crippen LogP contribution is 2.13. The Kier molecular flexibility index (Phi) is 9.68. The zero-order valence-electron chi connectivity index (χ0n) is 16.4. The highest BCUT2D eigenvalue weighted by Gasteiger charge is 2.26. The number of thioether (sulfide) groups is 1. The second-order valence-corrected chi connectivity index (χ2v) is 9.85. The second kappa shape index (κ2) is 10.9. The topological polar surface area (TPSA) is 75.3 Å². The molecule has 1 amide bonds. The van der Waals surface area contributed by atoms with E-state index in [-0.39, 0.29) is 16.8 Å². The Hall–Kier alpha value is -1.05. The number of amides is 1. The van der Waals surface area contributed by atoms with Crippen LogP contribution in [0, 0.1) is 12.8 Å². The molecule has 5 nitrogen and oxygen atoms in total. The van der Waals surface area contributed by atoms with Crippen LogP contribution in [0.4, 0.5) is 0 Å². The van der Waals surface area contributed by atoms with Crippen LogP contribution in [-0.2, 0) is 14.8 Å². The van der Waals surface area contributed by atoms with Gasteiger partial charge in [-0.15, -0.1) is 0 Å². The van der Waals surface area contributed by atoms with Crippen LogP contribution in [0.25, 0.3) is 0 Å². The lowest BCUT2D eigenvalue weighted by Gasteiger charge is -2.21. The molecule has 0 spiro atoms. The molecule has 148 valence electrons. The summed E-state index contributed by atoms with van der Waals surface area (Å²) in [7, 11) is -3.73. The number of rotatable bonds is 11. The van der Waals surface area contributed by atoms with E-state index in [1.165, 1.54) is 0 Å². The number of sulfonamides is 1. The number of carbonyl (C=O) groups is 1. The maximum Gasteiger partial charge on any atom is 0.241 e. The molecule has 2 atom stereocenters. The van der Waals surface area contributed by atoms with Crippen LogP contribution < -0.4 is 10.0 Å². The quantitative estimate of drug-likeness (QED) is 0.597. The molecule has 1 rings (SSSR count). The third kappa shape index (κ3) is 8.10. The normalized spacial score (nSPS) is 14.2. The molecule has 2 unspecified atom stereocenters. The molecule has 0 heterocycles. The van der Waals surface area contributed by atoms with Crippen molar-refractivity contribution in [2.75, 3.05) is 12.0 Å². The van der Waals surface area contributed by atoms with Crippen LogP contribution in [-0.4, -0.2) is 38.4 Å². The Morgan fingerprint density at radius 1 is 1.08 bits per heavy atom. The number of benzene rings is 1. The summed E-state index contributed by atoms with van der Waals surface area (Å²) in [6.45, 7) is 8.15. The van der Waals surface area contributed by atoms with Crippen LogP contribution in [0.2, 0.25) is 0 Å². The predicted octanol–water partition coefficient (Wildman–Crippen LogP) is 3.34. The van der Waals surface area contributed by atoms with E-state index in [1.807, 2.05) is 20.1 Å². The lowest BCUT2D eigenvalue weighted by molar-refractivity contribution is -0.123. The van der Waals surface area contributed by atoms with Crippen molar-refractivity contribution in [2.45, 2.75) is 63.9 Å². The molecule has 0 saturated heterocycles. The van der Waals surface area contributed by atoms with Crippen molar-refractivity contribution in [3.8, 4) is 0 Å². The lowest BCUT2D eigenvalue weighted by atomic mass is 10.0. The number of hydrogen-bond acceptors (Lipinski definition) is 4. The summed E-state index contributed by atoms with van der Waals surface area (Å²) in [5.74, 6) is 1.02. The fraction of sp³-hybridized carbons (Fsp3) is 0.632. The minimum Gasteiger partial charge on any atom is -0.352 e. The molecule has 0 bridgehead atoms. The van der Waals surface area contributed by atoms with Gasteiger partial charge in [0.2, 0.25) is 15.9 Å². The van der Waals surface area contributed by atoms with Gasteiger partial charge in [-0.2, -0.15) is 16.5 Å². The Balaban J connectivity index is 2.81. The summed E-state index contributed by atoms with van der Waals surface area (Å²) in [6, 6.07) is 5.87. The molecule has 0 aliphatic rings. The maximum atomic E-state index is 12.6. The Bertz CT molecular complexity index is 658. The number of hydrogen-bond donors (Lipinski definition) is 2. The van der Waals surface area contributed by atoms with Crippen LogP contribution in [0.3, 0.4) is 0 Å². The molecule has 1 aromatic rings. The van der Waals surface area contributed by atoms with E-state index in [0.717, 1.165) is 18.4 Å². The smallest absolute Gasteiger partial charge is 0.241 e. The first-order valence-corrected chi connectivity index (χ1v) is 11.9. The van der Waals surface area contributed by atoms with Crippen LogP contribution in [0.15, 0.2) is 29.2 Å². The maximum absolute atomic E-state index is 12.6. The summed E-state index contributed by atoms with van der Waals surface area (Å²) in [5.41, 5.74) is 0.986. The number of nitrogens with one attached hydrogen (secondary N) is 2. The molecule has 0 radical (unpaired) electrons. The van der Waals surface area contributed by atoms with Gasteiger partial charge in [0.05, 0.1) is 4.90 Å². The molecular formula is C19H32N2O3S2. The van der Waals surface area contributed by atoms with Gasteiger partial charge in [0.1, 0.15) is 6.04 Å². The van der Waals surface area contributed by atoms with E-state index < -0.39 is 16.1 Å². The zero-order chi connectivity index (χ0) is 19.7. The van der Waals surface area contributed by atoms with Crippen LogP contribution in [0.1, 0.15) is 45.6 Å². The predicted molar refractivity (Wildman–Crippen MR) is 110 cm³/mol. The molecular weight excluding hydrogens is 368 g/mol. The second-order valence-electron chi connectivity index (χ2n) is 7.15. The van der Waals surface area contributed by atoms with Gasteiger partial charge in [-0.25, -0.2) is 8.42 Å². The van der Waals surface area contributed by atoms with Gasteiger partial charge in [-0.1, -0.05) is 31.5 Å². The van der Waals surface area contributed by atoms with E-state index in [4.69, 9.17) is 0 Å². The third-order valence-electron chi connectivity index (χ3n) is 4.12. The van der Waals surface area contributed by atoms with Crippen molar-refractivity contribution in [3.05, 3.63) is 29.8 Å². The molecule has 0 aliphatic heterocycles. The van der Waals surface area contributed by atoms with Crippen molar-refractivity contribution < 1.29 is 13.2 Å². The van der Waals surface area contributed by atoms with E-state index in [1.54, 1.807) is 36.0 Å². The van der Waals surface area contributed by atoms with E-state index in [0.29, 0.717) is 18.1 Å². The van der Waals surface area contributed by atoms with Gasteiger partial charge in [0.25, 0.3) is 0 Å². The minimum atomic E-state index is -3.73. The Morgan fingerprint density at radius 3 is 2.23 bits per heavy atom. The first-order chi connectivity index (χ1) is 12.2. The summed E-state index contributed by atoms with van der Waals surface area (Å²) >= 11 is 1.59. The van der Waals surface area contributed by atoms with Gasteiger partial charge >= 0.3 is 0 Å². The van der Waals surface area contributed by atoms with Crippen molar-refractivity contribution in [3.63, 3.8) is 0 Å². The van der Waals surface area contributed by atoms with Crippen LogP contribution >= 0.6 is 11.8 Å². The van der Waals surface area contributed by atoms with E-state index in [2.05, 4.69) is 23.9 Å². The largest absolute Gasteiger partial charge is 0.352 e. The molecule has 0 fully saturated rings. The summed E-state index contributed by atoms with van der Waals surface area (Å²) in [4.78, 5) is 12.8. The molecule has 26 heavy (non-hydrogen) atoms. The van der Waals surface area contributed by atoms with Gasteiger partial charge in [0, 0.05) is 6.04 Å². The standard InChI is InChI=1S/C19H32N2O3S2/c1-14(2)6-9-16(4)20-19(22)18(12-13-25-5)21-26(23,24)17-10-7-15(3)8-11-17/h7-8,10-11,14,16,18,21H,6,9,12-13H2,1-5H3,(H,20,22). The van der Waals surface area contributed by atoms with E-state index in [9.17, 15) is 13.2 Å². The Labute approximate surface area is 162 Å². The number of carbonyl (C=O) groups excluding carboxylic acids is 1. The summed E-state index contributed by atoms with van der Waals surface area (Å²) < 4.78 is 27.8. The third-order valence-corrected chi connectivity index (χ3v) is 6.25.